The van der Waals surface area contributed by atoms with Crippen molar-refractivity contribution in [3.05, 3.63) is 116 Å². The number of rotatable bonds is 27. The molecular formula is C48H66N5O20P3S4+2. The number of anilines is 1. The van der Waals surface area contributed by atoms with E-state index >= 15 is 0 Å². The van der Waals surface area contributed by atoms with Crippen LogP contribution in [0.25, 0.3) is 0 Å². The quantitative estimate of drug-likeness (QED) is 0.00734. The Morgan fingerprint density at radius 2 is 1.64 bits per heavy atom. The molecule has 0 radical (unpaired) electrons. The Morgan fingerprint density at radius 3 is 2.29 bits per heavy atom. The molecule has 80 heavy (non-hydrogen) atoms. The highest BCUT2D eigenvalue weighted by molar-refractivity contribution is 8.77. The van der Waals surface area contributed by atoms with Gasteiger partial charge in [-0.1, -0.05) is 53.7 Å². The van der Waals surface area contributed by atoms with E-state index in [0.717, 1.165) is 32.9 Å². The molecule has 0 saturated carbocycles. The summed E-state index contributed by atoms with van der Waals surface area (Å²) in [6, 6.07) is 9.11. The highest BCUT2D eigenvalue weighted by Crippen LogP contribution is 2.63. The third kappa shape index (κ3) is 16.4. The summed E-state index contributed by atoms with van der Waals surface area (Å²) < 4.78 is 130. The number of benzene rings is 2. The zero-order chi connectivity index (χ0) is 59.4. The number of allylic oxidation sites excluding steroid dienone is 6. The zero-order valence-electron chi connectivity index (χ0n) is 44.9. The number of aromatic amines is 1. The monoisotopic (exact) mass is 1250 g/mol. The minimum Gasteiger partial charge on any atom is -0.364 e. The molecule has 3 aliphatic heterocycles. The van der Waals surface area contributed by atoms with Crippen LogP contribution in [0.5, 0.6) is 0 Å². The van der Waals surface area contributed by atoms with Crippen LogP contribution in [-0.4, -0.2) is 116 Å². The molecule has 1 fully saturated rings. The van der Waals surface area contributed by atoms with Crippen molar-refractivity contribution in [2.45, 2.75) is 131 Å². The Balaban J connectivity index is 1.03. The molecular weight excluding hydrogens is 1190 g/mol. The van der Waals surface area contributed by atoms with Crippen molar-refractivity contribution in [3.63, 3.8) is 0 Å². The number of nitrogens with one attached hydrogen (secondary N) is 2. The Hall–Kier alpha value is -3.96. The highest BCUT2D eigenvalue weighted by atomic mass is 33.1. The zero-order valence-corrected chi connectivity index (χ0v) is 50.9. The summed E-state index contributed by atoms with van der Waals surface area (Å²) in [5.41, 5.74) is 2.37. The van der Waals surface area contributed by atoms with Gasteiger partial charge in [0.1, 0.15) is 24.8 Å². The third-order valence-corrected chi connectivity index (χ3v) is 21.5. The van der Waals surface area contributed by atoms with E-state index in [-0.39, 0.29) is 46.6 Å². The number of phosphoric acid groups is 2. The number of fused-ring (bicyclic) bond motifs is 2. The Morgan fingerprint density at radius 1 is 0.975 bits per heavy atom. The molecule has 1 saturated heterocycles. The van der Waals surface area contributed by atoms with Gasteiger partial charge in [0.25, 0.3) is 25.8 Å². The van der Waals surface area contributed by atoms with Gasteiger partial charge >= 0.3 is 29.6 Å². The Kier molecular flexibility index (Phi) is 21.1. The molecule has 2 aromatic carbocycles. The van der Waals surface area contributed by atoms with Gasteiger partial charge in [-0.2, -0.15) is 25.7 Å². The molecule has 32 heteroatoms. The second-order valence-electron chi connectivity index (χ2n) is 20.5. The van der Waals surface area contributed by atoms with Gasteiger partial charge in [0.2, 0.25) is 11.6 Å². The number of carbonyl (C=O) groups is 1. The minimum absolute atomic E-state index is 0.00198. The van der Waals surface area contributed by atoms with Crippen molar-refractivity contribution in [1.82, 2.24) is 14.9 Å². The summed E-state index contributed by atoms with van der Waals surface area (Å²) in [6.07, 6.45) is 9.78. The van der Waals surface area contributed by atoms with E-state index in [4.69, 9.17) is 18.9 Å². The second kappa shape index (κ2) is 25.9. The van der Waals surface area contributed by atoms with Crippen LogP contribution in [0, 0.1) is 6.92 Å². The van der Waals surface area contributed by atoms with Gasteiger partial charge in [-0.15, -0.1) is 4.89 Å². The van der Waals surface area contributed by atoms with Gasteiger partial charge in [-0.05, 0) is 101 Å². The number of carbonyl (C=O) groups excluding carboxylic acids is 1. The van der Waals surface area contributed by atoms with Gasteiger partial charge in [0.05, 0.1) is 27.9 Å². The molecule has 3 unspecified atom stereocenters. The van der Waals surface area contributed by atoms with E-state index in [1.807, 2.05) is 78.8 Å². The molecule has 0 aliphatic carbocycles. The first-order valence-corrected chi connectivity index (χ1v) is 34.1. The first-order chi connectivity index (χ1) is 37.1. The number of hydrogen-bond donors (Lipinski definition) is 7. The molecule has 1 aromatic heterocycles. The first-order valence-electron chi connectivity index (χ1n) is 24.8. The number of H-pyrrole nitrogens is 1. The molecule has 0 bridgehead atoms. The molecule has 3 aromatic rings. The van der Waals surface area contributed by atoms with Crippen LogP contribution in [0.4, 0.5) is 11.4 Å². The maximum Gasteiger partial charge on any atom is 0.705 e. The number of unbranched alkanes of at least 4 members (excludes halogenated alkanes) is 2. The summed E-state index contributed by atoms with van der Waals surface area (Å²) in [4.78, 5) is 70.0. The summed E-state index contributed by atoms with van der Waals surface area (Å²) in [5, 5.41) is 2.98. The fraction of sp³-hybridized carbons (Fsp3) is 0.500. The van der Waals surface area contributed by atoms with Crippen molar-refractivity contribution in [1.29, 1.82) is 0 Å². The van der Waals surface area contributed by atoms with Gasteiger partial charge in [-0.25, -0.2) is 13.9 Å². The first kappa shape index (κ1) is 65.2. The van der Waals surface area contributed by atoms with Crippen molar-refractivity contribution in [2.75, 3.05) is 37.1 Å². The predicted molar refractivity (Wildman–Crippen MR) is 300 cm³/mol. The number of phosphoric ester groups is 1. The van der Waals surface area contributed by atoms with E-state index in [1.54, 1.807) is 12.1 Å². The van der Waals surface area contributed by atoms with Crippen molar-refractivity contribution >= 4 is 88.7 Å². The van der Waals surface area contributed by atoms with Gasteiger partial charge in [0.15, 0.2) is 5.71 Å². The molecule has 4 heterocycles. The van der Waals surface area contributed by atoms with Crippen LogP contribution in [0.2, 0.25) is 0 Å². The Labute approximate surface area is 472 Å². The minimum atomic E-state index is -5.52. The van der Waals surface area contributed by atoms with Crippen LogP contribution < -0.4 is 21.5 Å². The lowest BCUT2D eigenvalue weighted by atomic mass is 9.81. The summed E-state index contributed by atoms with van der Waals surface area (Å²) in [6.45, 7) is 15.8. The summed E-state index contributed by atoms with van der Waals surface area (Å²) in [7, 11) is -20.9. The van der Waals surface area contributed by atoms with Crippen LogP contribution in [0.1, 0.15) is 103 Å². The van der Waals surface area contributed by atoms with Gasteiger partial charge in [-0.3, -0.25) is 37.7 Å². The average Bonchev–Trinajstić information content (AvgIpc) is 4.16. The normalized spacial score (nSPS) is 21.3. The van der Waals surface area contributed by atoms with E-state index in [1.165, 1.54) is 59.0 Å². The summed E-state index contributed by atoms with van der Waals surface area (Å²) >= 11 is 0. The van der Waals surface area contributed by atoms with Gasteiger partial charge < -0.3 is 24.6 Å². The average molecular weight is 1250 g/mol. The molecule has 440 valence electrons. The maximum absolute atomic E-state index is 13.1. The van der Waals surface area contributed by atoms with E-state index < -0.39 is 96.0 Å². The van der Waals surface area contributed by atoms with Crippen LogP contribution >= 0.6 is 45.5 Å². The topological polar surface area (TPSA) is 357 Å². The number of aryl methyl sites for hydroxylation is 1. The van der Waals surface area contributed by atoms with E-state index in [9.17, 15) is 63.8 Å². The molecule has 7 N–H and O–H groups in total. The van der Waals surface area contributed by atoms with Crippen molar-refractivity contribution in [2.24, 2.45) is 0 Å². The molecule has 0 spiro atoms. The van der Waals surface area contributed by atoms with Crippen molar-refractivity contribution in [3.8, 4) is 0 Å². The lowest BCUT2D eigenvalue weighted by molar-refractivity contribution is -0.438. The van der Waals surface area contributed by atoms with Crippen LogP contribution in [0.3, 0.4) is 0 Å². The lowest BCUT2D eigenvalue weighted by Gasteiger charge is -2.25. The standard InChI is InChI=1S/C48H64N5O20P3S4/c1-9-51-36-21-19-32(79(63,64)65)24-34(36)47(5,6)40(51)16-12-10-13-17-41-48(7,8)35-25-33(80(66,67)68)20-22-37(35)52(41)23-15-11-14-18-42(54)49-29-46(3,4)78-77-30-69-38-26-43(53-27-31(2)44(55)50-45(53)56)71-39(38)28-70-75(59,60)73-76(61,62)72-74(57)58/h10,12-13,16-17,19-22,24-25,27,38-39,43H,9,11,14-15,18,23,26,28-30H2,1-8H3,(H5-2,49,50,54,55,56,57,58,59,60,61,62,63,64,65,66,67,68)/p+2/t38-,39-,43-/m1/s1. The number of ether oxygens (including phenoxy) is 2. The van der Waals surface area contributed by atoms with Crippen molar-refractivity contribution < 1.29 is 86.3 Å². The largest absolute Gasteiger partial charge is 0.705 e. The summed E-state index contributed by atoms with van der Waals surface area (Å²) in [5.74, 6) is -0.168. The molecule has 25 nitrogen and oxygen atoms in total. The van der Waals surface area contributed by atoms with Gasteiger partial charge in [0, 0.05) is 87.9 Å². The SMILES string of the molecule is CCN1/C(=C/C=C/C=C/C2=[N+](CCCCCC(=O)NCC(C)(C)SSCO[C@@H]3C[C@H](n4cc(C)c(=O)[nH]c4=O)O[C@@H]3COP(=O)(O)OP(=O)(O)O[P+](=O)O)c3ccc(S(=O)(=O)O)cc3C2(C)C)C(C)(C)c2cc(S(=O)(=O)O)ccc21. The Bertz CT molecular complexity index is 3450. The molecule has 3 aliphatic rings. The number of hydrogen-bond acceptors (Lipinski definition) is 18. The number of likely N-dealkylation sites (N-methyl/N-ethyl adjacent to an activating group) is 1. The highest BCUT2D eigenvalue weighted by Gasteiger charge is 2.47. The lowest BCUT2D eigenvalue weighted by Crippen LogP contribution is -2.35. The fourth-order valence-corrected chi connectivity index (χ4v) is 15.3. The number of amides is 1. The second-order valence-corrected chi connectivity index (χ2v) is 30.2. The van der Waals surface area contributed by atoms with E-state index in [2.05, 4.69) is 28.4 Å². The molecule has 6 rings (SSSR count). The van der Waals surface area contributed by atoms with Crippen LogP contribution in [-0.2, 0) is 72.2 Å². The molecule has 1 amide bonds. The maximum atomic E-state index is 13.1. The van der Waals surface area contributed by atoms with E-state index in [0.29, 0.717) is 37.9 Å². The van der Waals surface area contributed by atoms with Crippen LogP contribution in [0.15, 0.2) is 98.1 Å². The number of aromatic nitrogens is 2. The smallest absolute Gasteiger partial charge is 0.364 e. The third-order valence-electron chi connectivity index (χ3n) is 13.4. The fourth-order valence-electron chi connectivity index (χ4n) is 9.45. The number of nitrogens with zero attached hydrogens (tertiary/aromatic N) is 3. The molecule has 6 atom stereocenters. The predicted octanol–water partition coefficient (Wildman–Crippen LogP) is 7.60.